The zero-order valence-electron chi connectivity index (χ0n) is 13.0. The number of ether oxygens (including phenoxy) is 1. The summed E-state index contributed by atoms with van der Waals surface area (Å²) in [5, 5.41) is 0. The molecule has 0 radical (unpaired) electrons. The number of rotatable bonds is 7. The third-order valence-corrected chi connectivity index (χ3v) is 3.78. The summed E-state index contributed by atoms with van der Waals surface area (Å²) in [6.45, 7) is 5.63. The summed E-state index contributed by atoms with van der Waals surface area (Å²) in [6.07, 6.45) is 7.16. The minimum absolute atomic E-state index is 0.337. The lowest BCUT2D eigenvalue weighted by molar-refractivity contribution is 0.291. The molecule has 0 bridgehead atoms. The minimum atomic E-state index is 0.337. The largest absolute Gasteiger partial charge is 0.463 e. The van der Waals surface area contributed by atoms with Gasteiger partial charge in [0, 0.05) is 12.6 Å². The number of hydrogen-bond acceptors (Lipinski definition) is 7. The maximum atomic E-state index is 5.54. The Balaban J connectivity index is 2.21. The van der Waals surface area contributed by atoms with Gasteiger partial charge < -0.3 is 9.64 Å². The molecule has 2 rings (SSSR count). The molecule has 0 unspecified atom stereocenters. The third kappa shape index (κ3) is 4.17. The van der Waals surface area contributed by atoms with Gasteiger partial charge >= 0.3 is 6.01 Å². The normalized spacial score (nSPS) is 15.8. The average Bonchev–Trinajstić information content (AvgIpc) is 2.54. The van der Waals surface area contributed by atoms with Gasteiger partial charge in [0.1, 0.15) is 0 Å². The Morgan fingerprint density at radius 1 is 1.19 bits per heavy atom. The van der Waals surface area contributed by atoms with E-state index in [0.29, 0.717) is 30.6 Å². The van der Waals surface area contributed by atoms with E-state index in [1.165, 1.54) is 32.1 Å². The first-order chi connectivity index (χ1) is 10.3. The standard InChI is InChI=1S/C14H26N6O/c1-3-10-21-14-17-12(19-15)16-13(18-14)20(4-2)11-8-6-5-7-9-11/h11H,3-10,15H2,1-2H3,(H,16,17,18,19). The van der Waals surface area contributed by atoms with E-state index in [1.807, 2.05) is 6.92 Å². The van der Waals surface area contributed by atoms with Crippen LogP contribution in [0.2, 0.25) is 0 Å². The Labute approximate surface area is 126 Å². The Morgan fingerprint density at radius 3 is 2.57 bits per heavy atom. The SMILES string of the molecule is CCCOc1nc(NN)nc(N(CC)C2CCCCC2)n1. The number of aromatic nitrogens is 3. The lowest BCUT2D eigenvalue weighted by Gasteiger charge is -2.33. The van der Waals surface area contributed by atoms with Gasteiger partial charge in [-0.1, -0.05) is 26.2 Å². The topological polar surface area (TPSA) is 89.2 Å². The van der Waals surface area contributed by atoms with Crippen molar-refractivity contribution in [2.45, 2.75) is 58.4 Å². The number of nitrogens with one attached hydrogen (secondary N) is 1. The van der Waals surface area contributed by atoms with Crippen molar-refractivity contribution in [3.63, 3.8) is 0 Å². The van der Waals surface area contributed by atoms with Crippen molar-refractivity contribution in [1.82, 2.24) is 15.0 Å². The van der Waals surface area contributed by atoms with Crippen LogP contribution in [0.15, 0.2) is 0 Å². The second-order valence-corrected chi connectivity index (χ2v) is 5.31. The molecule has 1 aliphatic carbocycles. The molecule has 1 aromatic rings. The molecule has 0 atom stereocenters. The molecular formula is C14H26N6O. The fourth-order valence-electron chi connectivity index (χ4n) is 2.75. The summed E-state index contributed by atoms with van der Waals surface area (Å²) < 4.78 is 5.54. The van der Waals surface area contributed by atoms with Crippen LogP contribution in [0, 0.1) is 0 Å². The molecule has 3 N–H and O–H groups in total. The molecule has 7 nitrogen and oxygen atoms in total. The molecular weight excluding hydrogens is 268 g/mol. The Morgan fingerprint density at radius 2 is 1.95 bits per heavy atom. The van der Waals surface area contributed by atoms with Crippen LogP contribution >= 0.6 is 0 Å². The highest BCUT2D eigenvalue weighted by molar-refractivity contribution is 5.38. The average molecular weight is 294 g/mol. The molecule has 1 aliphatic rings. The van der Waals surface area contributed by atoms with E-state index in [-0.39, 0.29) is 0 Å². The number of nitrogen functional groups attached to an aromatic ring is 1. The van der Waals surface area contributed by atoms with Gasteiger partial charge in [-0.15, -0.1) is 0 Å². The van der Waals surface area contributed by atoms with Gasteiger partial charge in [0.2, 0.25) is 11.9 Å². The minimum Gasteiger partial charge on any atom is -0.463 e. The number of nitrogens with two attached hydrogens (primary N) is 1. The molecule has 0 aromatic carbocycles. The first-order valence-corrected chi connectivity index (χ1v) is 7.90. The first-order valence-electron chi connectivity index (χ1n) is 7.90. The van der Waals surface area contributed by atoms with E-state index >= 15 is 0 Å². The fourth-order valence-corrected chi connectivity index (χ4v) is 2.75. The smallest absolute Gasteiger partial charge is 0.323 e. The van der Waals surface area contributed by atoms with E-state index in [1.54, 1.807) is 0 Å². The number of nitrogens with zero attached hydrogens (tertiary/aromatic N) is 4. The highest BCUT2D eigenvalue weighted by Crippen LogP contribution is 2.26. The molecule has 21 heavy (non-hydrogen) atoms. The van der Waals surface area contributed by atoms with Gasteiger partial charge in [0.15, 0.2) is 0 Å². The molecule has 0 amide bonds. The van der Waals surface area contributed by atoms with E-state index in [9.17, 15) is 0 Å². The molecule has 1 fully saturated rings. The zero-order chi connectivity index (χ0) is 15.1. The molecule has 0 saturated heterocycles. The van der Waals surface area contributed by atoms with Gasteiger partial charge in [-0.3, -0.25) is 5.43 Å². The van der Waals surface area contributed by atoms with Crippen molar-refractivity contribution in [3.05, 3.63) is 0 Å². The van der Waals surface area contributed by atoms with Crippen molar-refractivity contribution >= 4 is 11.9 Å². The molecule has 1 saturated carbocycles. The van der Waals surface area contributed by atoms with Crippen molar-refractivity contribution in [2.24, 2.45) is 5.84 Å². The van der Waals surface area contributed by atoms with Crippen LogP contribution in [0.25, 0.3) is 0 Å². The highest BCUT2D eigenvalue weighted by Gasteiger charge is 2.23. The van der Waals surface area contributed by atoms with E-state index in [4.69, 9.17) is 10.6 Å². The Kier molecular flexibility index (Phi) is 5.98. The second kappa shape index (κ2) is 7.97. The van der Waals surface area contributed by atoms with E-state index in [0.717, 1.165) is 13.0 Å². The highest BCUT2D eigenvalue weighted by atomic mass is 16.5. The quantitative estimate of drug-likeness (QED) is 0.588. The fraction of sp³-hybridized carbons (Fsp3) is 0.786. The zero-order valence-corrected chi connectivity index (χ0v) is 13.0. The van der Waals surface area contributed by atoms with Crippen molar-refractivity contribution in [2.75, 3.05) is 23.5 Å². The van der Waals surface area contributed by atoms with Gasteiger partial charge in [-0.05, 0) is 26.2 Å². The molecule has 0 spiro atoms. The van der Waals surface area contributed by atoms with Crippen LogP contribution in [0.4, 0.5) is 11.9 Å². The maximum Gasteiger partial charge on any atom is 0.323 e. The summed E-state index contributed by atoms with van der Waals surface area (Å²) in [7, 11) is 0. The first kappa shape index (κ1) is 15.8. The van der Waals surface area contributed by atoms with Crippen molar-refractivity contribution < 1.29 is 4.74 Å². The Bertz CT molecular complexity index is 435. The number of hydrazine groups is 1. The molecule has 118 valence electrons. The predicted molar refractivity (Wildman–Crippen MR) is 83.3 cm³/mol. The molecule has 1 heterocycles. The summed E-state index contributed by atoms with van der Waals surface area (Å²) >= 11 is 0. The van der Waals surface area contributed by atoms with Crippen LogP contribution in [0.5, 0.6) is 6.01 Å². The lowest BCUT2D eigenvalue weighted by atomic mass is 9.94. The summed E-state index contributed by atoms with van der Waals surface area (Å²) in [4.78, 5) is 15.2. The van der Waals surface area contributed by atoms with Crippen LogP contribution in [-0.2, 0) is 0 Å². The molecule has 7 heteroatoms. The van der Waals surface area contributed by atoms with E-state index < -0.39 is 0 Å². The van der Waals surface area contributed by atoms with Gasteiger partial charge in [0.05, 0.1) is 6.61 Å². The Hall–Kier alpha value is -1.63. The van der Waals surface area contributed by atoms with Crippen LogP contribution in [0.3, 0.4) is 0 Å². The monoisotopic (exact) mass is 294 g/mol. The number of anilines is 2. The van der Waals surface area contributed by atoms with Crippen molar-refractivity contribution in [3.8, 4) is 6.01 Å². The van der Waals surface area contributed by atoms with E-state index in [2.05, 4.69) is 32.2 Å². The van der Waals surface area contributed by atoms with Gasteiger partial charge in [-0.2, -0.15) is 15.0 Å². The second-order valence-electron chi connectivity index (χ2n) is 5.31. The summed E-state index contributed by atoms with van der Waals surface area (Å²) in [5.41, 5.74) is 2.50. The van der Waals surface area contributed by atoms with Gasteiger partial charge in [-0.25, -0.2) is 5.84 Å². The molecule has 1 aromatic heterocycles. The third-order valence-electron chi connectivity index (χ3n) is 3.78. The van der Waals surface area contributed by atoms with Gasteiger partial charge in [0.25, 0.3) is 0 Å². The molecule has 0 aliphatic heterocycles. The van der Waals surface area contributed by atoms with Crippen LogP contribution in [-0.4, -0.2) is 34.1 Å². The summed E-state index contributed by atoms with van der Waals surface area (Å²) in [6, 6.07) is 0.833. The number of hydrogen-bond donors (Lipinski definition) is 2. The summed E-state index contributed by atoms with van der Waals surface area (Å²) in [5.74, 6) is 6.46. The maximum absolute atomic E-state index is 5.54. The van der Waals surface area contributed by atoms with Crippen molar-refractivity contribution in [1.29, 1.82) is 0 Å². The van der Waals surface area contributed by atoms with Crippen LogP contribution in [0.1, 0.15) is 52.4 Å². The van der Waals surface area contributed by atoms with Crippen LogP contribution < -0.4 is 20.9 Å². The predicted octanol–water partition coefficient (Wildman–Crippen LogP) is 2.10. The lowest BCUT2D eigenvalue weighted by Crippen LogP contribution is -2.38.